The monoisotopic (exact) mass is 345 g/mol. The summed E-state index contributed by atoms with van der Waals surface area (Å²) in [6, 6.07) is 26.8. The highest BCUT2D eigenvalue weighted by Gasteiger charge is 2.18. The molecule has 3 aromatic carbocycles. The Morgan fingerprint density at radius 2 is 1.35 bits per heavy atom. The van der Waals surface area contributed by atoms with Gasteiger partial charge in [-0.2, -0.15) is 0 Å². The molecule has 0 aliphatic carbocycles. The van der Waals surface area contributed by atoms with E-state index in [9.17, 15) is 4.79 Å². The van der Waals surface area contributed by atoms with Crippen LogP contribution < -0.4 is 10.6 Å². The Bertz CT molecular complexity index is 840. The van der Waals surface area contributed by atoms with E-state index in [4.69, 9.17) is 0 Å². The molecule has 0 aliphatic rings. The minimum Gasteiger partial charge on any atom is -0.328 e. The van der Waals surface area contributed by atoms with E-state index in [1.54, 1.807) is 0 Å². The van der Waals surface area contributed by atoms with Crippen molar-refractivity contribution in [3.63, 3.8) is 0 Å². The molecule has 3 rings (SSSR count). The molecule has 0 aromatic heterocycles. The van der Waals surface area contributed by atoms with E-state index in [0.29, 0.717) is 6.54 Å². The Kier molecular flexibility index (Phi) is 5.82. The summed E-state index contributed by atoms with van der Waals surface area (Å²) in [4.78, 5) is 12.4. The van der Waals surface area contributed by atoms with Gasteiger partial charge in [0.2, 0.25) is 0 Å². The lowest BCUT2D eigenvalue weighted by Gasteiger charge is -2.17. The number of quaternary nitrogens is 1. The van der Waals surface area contributed by atoms with Crippen molar-refractivity contribution in [2.75, 3.05) is 11.9 Å². The van der Waals surface area contributed by atoms with Crippen molar-refractivity contribution in [1.29, 1.82) is 0 Å². The van der Waals surface area contributed by atoms with Gasteiger partial charge in [0.05, 0.1) is 0 Å². The van der Waals surface area contributed by atoms with Gasteiger partial charge in [-0.1, -0.05) is 77.9 Å². The average molecular weight is 345 g/mol. The number of nitrogens with one attached hydrogen (secondary N) is 1. The maximum Gasteiger partial charge on any atom is 0.279 e. The second-order valence-electron chi connectivity index (χ2n) is 6.65. The number of anilines is 1. The van der Waals surface area contributed by atoms with Crippen LogP contribution in [0.15, 0.2) is 78.9 Å². The highest BCUT2D eigenvalue weighted by molar-refractivity contribution is 5.91. The van der Waals surface area contributed by atoms with Gasteiger partial charge in [-0.15, -0.1) is 0 Å². The minimum atomic E-state index is 0.00176. The topological polar surface area (TPSA) is 45.7 Å². The van der Waals surface area contributed by atoms with Gasteiger partial charge in [-0.25, -0.2) is 0 Å². The first-order valence-electron chi connectivity index (χ1n) is 8.93. The predicted octanol–water partition coefficient (Wildman–Crippen LogP) is 3.59. The minimum absolute atomic E-state index is 0.00176. The lowest BCUT2D eigenvalue weighted by Crippen LogP contribution is -2.87. The third-order valence-electron chi connectivity index (χ3n) is 4.47. The zero-order valence-corrected chi connectivity index (χ0v) is 15.3. The van der Waals surface area contributed by atoms with Gasteiger partial charge >= 0.3 is 0 Å². The number of hydrogen-bond donors (Lipinski definition) is 2. The Labute approximate surface area is 155 Å². The fraction of sp³-hybridized carbons (Fsp3) is 0.174. The van der Waals surface area contributed by atoms with E-state index >= 15 is 0 Å². The van der Waals surface area contributed by atoms with E-state index < -0.39 is 0 Å². The van der Waals surface area contributed by atoms with Crippen LogP contribution in [0.3, 0.4) is 0 Å². The van der Waals surface area contributed by atoms with Gasteiger partial charge in [-0.3, -0.25) is 4.79 Å². The number of nitrogens with two attached hydrogens (primary N) is 1. The van der Waals surface area contributed by atoms with Crippen LogP contribution in [0.5, 0.6) is 0 Å². The van der Waals surface area contributed by atoms with Gasteiger partial charge in [0, 0.05) is 16.8 Å². The molecule has 132 valence electrons. The maximum atomic E-state index is 12.4. The SMILES string of the molecule is Cc1ccc(NC(=O)C[NH2+][C@H](c2ccccc2)c2ccc(C)cc2)cc1. The first-order valence-corrected chi connectivity index (χ1v) is 8.93. The van der Waals surface area contributed by atoms with Crippen LogP contribution in [0, 0.1) is 13.8 Å². The molecule has 0 spiro atoms. The largest absolute Gasteiger partial charge is 0.328 e. The van der Waals surface area contributed by atoms with Crippen LogP contribution in [0.25, 0.3) is 0 Å². The quantitative estimate of drug-likeness (QED) is 0.704. The Balaban J connectivity index is 1.70. The molecule has 0 aliphatic heterocycles. The number of carbonyl (C=O) groups is 1. The number of carbonyl (C=O) groups excluding carboxylic acids is 1. The fourth-order valence-electron chi connectivity index (χ4n) is 2.97. The summed E-state index contributed by atoms with van der Waals surface area (Å²) in [6.45, 7) is 4.48. The van der Waals surface area contributed by atoms with Crippen LogP contribution in [0.2, 0.25) is 0 Å². The molecule has 0 radical (unpaired) electrons. The van der Waals surface area contributed by atoms with E-state index in [1.807, 2.05) is 49.4 Å². The molecular weight excluding hydrogens is 320 g/mol. The Morgan fingerprint density at radius 1 is 0.808 bits per heavy atom. The van der Waals surface area contributed by atoms with Gasteiger partial charge in [-0.05, 0) is 26.0 Å². The third kappa shape index (κ3) is 4.80. The number of hydrogen-bond acceptors (Lipinski definition) is 1. The first-order chi connectivity index (χ1) is 12.6. The number of rotatable bonds is 6. The highest BCUT2D eigenvalue weighted by Crippen LogP contribution is 2.18. The molecule has 0 heterocycles. The third-order valence-corrected chi connectivity index (χ3v) is 4.47. The van der Waals surface area contributed by atoms with Crippen molar-refractivity contribution in [3.05, 3.63) is 101 Å². The van der Waals surface area contributed by atoms with Crippen LogP contribution in [-0.4, -0.2) is 12.5 Å². The summed E-state index contributed by atoms with van der Waals surface area (Å²) in [5.41, 5.74) is 5.64. The van der Waals surface area contributed by atoms with Crippen molar-refractivity contribution >= 4 is 11.6 Å². The molecule has 0 saturated heterocycles. The Morgan fingerprint density at radius 3 is 1.96 bits per heavy atom. The lowest BCUT2D eigenvalue weighted by atomic mass is 9.98. The molecular formula is C23H25N2O+. The summed E-state index contributed by atoms with van der Waals surface area (Å²) in [5.74, 6) is 0.00176. The van der Waals surface area contributed by atoms with Crippen LogP contribution in [-0.2, 0) is 4.79 Å². The van der Waals surface area contributed by atoms with Crippen molar-refractivity contribution in [2.45, 2.75) is 19.9 Å². The second kappa shape index (κ2) is 8.45. The normalized spacial score (nSPS) is 11.8. The zero-order valence-electron chi connectivity index (χ0n) is 15.3. The van der Waals surface area contributed by atoms with E-state index in [0.717, 1.165) is 5.69 Å². The average Bonchev–Trinajstić information content (AvgIpc) is 2.66. The summed E-state index contributed by atoms with van der Waals surface area (Å²) in [7, 11) is 0. The van der Waals surface area contributed by atoms with Gasteiger partial charge < -0.3 is 10.6 Å². The predicted molar refractivity (Wildman–Crippen MR) is 106 cm³/mol. The first kappa shape index (κ1) is 17.9. The van der Waals surface area contributed by atoms with E-state index in [1.165, 1.54) is 22.3 Å². The number of amides is 1. The Hall–Kier alpha value is -2.91. The van der Waals surface area contributed by atoms with Crippen molar-refractivity contribution in [2.24, 2.45) is 0 Å². The molecule has 3 heteroatoms. The molecule has 26 heavy (non-hydrogen) atoms. The summed E-state index contributed by atoms with van der Waals surface area (Å²) >= 11 is 0. The molecule has 1 atom stereocenters. The second-order valence-corrected chi connectivity index (χ2v) is 6.65. The standard InChI is InChI=1S/C23H24N2O/c1-17-8-12-20(13-9-17)23(19-6-4-3-5-7-19)24-16-22(26)25-21-14-10-18(2)11-15-21/h3-15,23-24H,16H2,1-2H3,(H,25,26)/p+1/t23-/m1/s1. The maximum absolute atomic E-state index is 12.4. The summed E-state index contributed by atoms with van der Waals surface area (Å²) < 4.78 is 0. The molecule has 3 aromatic rings. The molecule has 3 nitrogen and oxygen atoms in total. The lowest BCUT2D eigenvalue weighted by molar-refractivity contribution is -0.676. The fourth-order valence-corrected chi connectivity index (χ4v) is 2.97. The molecule has 0 saturated carbocycles. The zero-order chi connectivity index (χ0) is 18.4. The molecule has 1 amide bonds. The molecule has 3 N–H and O–H groups in total. The number of aryl methyl sites for hydroxylation is 2. The van der Waals surface area contributed by atoms with E-state index in [2.05, 4.69) is 54.0 Å². The van der Waals surface area contributed by atoms with Crippen molar-refractivity contribution in [3.8, 4) is 0 Å². The molecule has 0 unspecified atom stereocenters. The van der Waals surface area contributed by atoms with E-state index in [-0.39, 0.29) is 11.9 Å². The highest BCUT2D eigenvalue weighted by atomic mass is 16.1. The van der Waals surface area contributed by atoms with Crippen LogP contribution >= 0.6 is 0 Å². The summed E-state index contributed by atoms with van der Waals surface area (Å²) in [6.07, 6.45) is 0. The van der Waals surface area contributed by atoms with Crippen molar-refractivity contribution in [1.82, 2.24) is 0 Å². The van der Waals surface area contributed by atoms with Crippen LogP contribution in [0.4, 0.5) is 5.69 Å². The number of benzene rings is 3. The van der Waals surface area contributed by atoms with Gasteiger partial charge in [0.1, 0.15) is 6.04 Å². The summed E-state index contributed by atoms with van der Waals surface area (Å²) in [5, 5.41) is 5.05. The van der Waals surface area contributed by atoms with Gasteiger partial charge in [0.25, 0.3) is 5.91 Å². The molecule has 0 bridgehead atoms. The van der Waals surface area contributed by atoms with Crippen LogP contribution in [0.1, 0.15) is 28.3 Å². The smallest absolute Gasteiger partial charge is 0.279 e. The van der Waals surface area contributed by atoms with Gasteiger partial charge in [0.15, 0.2) is 6.54 Å². The molecule has 0 fully saturated rings. The van der Waals surface area contributed by atoms with Crippen molar-refractivity contribution < 1.29 is 10.1 Å².